The second-order valence-corrected chi connectivity index (χ2v) is 5.39. The normalized spacial score (nSPS) is 14.0. The topological polar surface area (TPSA) is 43.4 Å². The summed E-state index contributed by atoms with van der Waals surface area (Å²) in [7, 11) is -0.205. The molecule has 1 aromatic carbocycles. The molecular formula is C12H14F2O3S. The van der Waals surface area contributed by atoms with E-state index in [0.29, 0.717) is 0 Å². The van der Waals surface area contributed by atoms with Crippen LogP contribution < -0.4 is 0 Å². The molecule has 0 spiro atoms. The van der Waals surface area contributed by atoms with E-state index in [1.165, 1.54) is 19.2 Å². The largest absolute Gasteiger partial charge is 0.469 e. The van der Waals surface area contributed by atoms with Gasteiger partial charge in [-0.25, -0.2) is 8.78 Å². The lowest BCUT2D eigenvalue weighted by atomic mass is 10.2. The summed E-state index contributed by atoms with van der Waals surface area (Å²) in [6.45, 7) is 1.58. The molecule has 2 atom stereocenters. The van der Waals surface area contributed by atoms with E-state index in [2.05, 4.69) is 4.74 Å². The zero-order chi connectivity index (χ0) is 13.7. The molecular weight excluding hydrogens is 262 g/mol. The summed E-state index contributed by atoms with van der Waals surface area (Å²) >= 11 is 0. The zero-order valence-electron chi connectivity index (χ0n) is 10.1. The fourth-order valence-corrected chi connectivity index (χ4v) is 2.82. The Labute approximate surface area is 107 Å². The molecule has 0 N–H and O–H groups in total. The highest BCUT2D eigenvalue weighted by Gasteiger charge is 2.18. The summed E-state index contributed by atoms with van der Waals surface area (Å²) in [5, 5.41) is 0. The maximum absolute atomic E-state index is 13.3. The molecule has 18 heavy (non-hydrogen) atoms. The van der Waals surface area contributed by atoms with Crippen LogP contribution in [0, 0.1) is 17.6 Å². The van der Waals surface area contributed by atoms with E-state index in [0.717, 1.165) is 6.07 Å². The Morgan fingerprint density at radius 2 is 2.11 bits per heavy atom. The van der Waals surface area contributed by atoms with Gasteiger partial charge in [-0.15, -0.1) is 0 Å². The van der Waals surface area contributed by atoms with Gasteiger partial charge in [-0.1, -0.05) is 19.1 Å². The maximum Gasteiger partial charge on any atom is 0.309 e. The number of halogens is 2. The molecule has 100 valence electrons. The van der Waals surface area contributed by atoms with Crippen molar-refractivity contribution < 1.29 is 22.5 Å². The number of rotatable bonds is 5. The average Bonchev–Trinajstić information content (AvgIpc) is 2.33. The number of carbonyl (C=O) groups excluding carboxylic acids is 1. The van der Waals surface area contributed by atoms with Gasteiger partial charge in [0.15, 0.2) is 11.6 Å². The molecule has 0 aromatic heterocycles. The minimum absolute atomic E-state index is 0.0467. The van der Waals surface area contributed by atoms with Crippen molar-refractivity contribution in [1.82, 2.24) is 0 Å². The number of esters is 1. The van der Waals surface area contributed by atoms with E-state index >= 15 is 0 Å². The van der Waals surface area contributed by atoms with Crippen molar-refractivity contribution in [3.63, 3.8) is 0 Å². The second-order valence-electron chi connectivity index (χ2n) is 3.89. The molecule has 2 unspecified atom stereocenters. The molecule has 0 aliphatic rings. The van der Waals surface area contributed by atoms with Gasteiger partial charge in [0.25, 0.3) is 0 Å². The Kier molecular flexibility index (Phi) is 5.40. The summed E-state index contributed by atoms with van der Waals surface area (Å²) in [5.74, 6) is -3.02. The zero-order valence-corrected chi connectivity index (χ0v) is 10.9. The number of ether oxygens (including phenoxy) is 1. The van der Waals surface area contributed by atoms with Crippen LogP contribution in [-0.4, -0.2) is 23.0 Å². The number of carbonyl (C=O) groups is 1. The maximum atomic E-state index is 13.3. The lowest BCUT2D eigenvalue weighted by Crippen LogP contribution is -2.20. The third-order valence-electron chi connectivity index (χ3n) is 2.39. The molecule has 0 bridgehead atoms. The molecule has 0 heterocycles. The molecule has 0 fully saturated rings. The summed E-state index contributed by atoms with van der Waals surface area (Å²) in [6.07, 6.45) is 0. The third kappa shape index (κ3) is 3.87. The fourth-order valence-electron chi connectivity index (χ4n) is 1.44. The van der Waals surface area contributed by atoms with Crippen molar-refractivity contribution in [3.8, 4) is 0 Å². The van der Waals surface area contributed by atoms with Gasteiger partial charge in [0.1, 0.15) is 0 Å². The molecule has 0 aliphatic heterocycles. The van der Waals surface area contributed by atoms with Crippen LogP contribution in [0.15, 0.2) is 18.2 Å². The molecule has 1 rings (SSSR count). The first-order valence-electron chi connectivity index (χ1n) is 5.31. The Bertz CT molecular complexity index is 463. The van der Waals surface area contributed by atoms with E-state index < -0.39 is 34.3 Å². The van der Waals surface area contributed by atoms with Crippen LogP contribution in [0.25, 0.3) is 0 Å². The summed E-state index contributed by atoms with van der Waals surface area (Å²) in [5.41, 5.74) is 0.0467. The SMILES string of the molecule is COC(=O)C(C)CS(=O)Cc1cccc(F)c1F. The Morgan fingerprint density at radius 1 is 1.44 bits per heavy atom. The average molecular weight is 276 g/mol. The highest BCUT2D eigenvalue weighted by atomic mass is 32.2. The quantitative estimate of drug-likeness (QED) is 0.773. The lowest BCUT2D eigenvalue weighted by molar-refractivity contribution is -0.144. The molecule has 0 aliphatic carbocycles. The van der Waals surface area contributed by atoms with Gasteiger partial charge in [-0.3, -0.25) is 9.00 Å². The predicted molar refractivity (Wildman–Crippen MR) is 64.3 cm³/mol. The Balaban J connectivity index is 2.65. The van der Waals surface area contributed by atoms with E-state index in [4.69, 9.17) is 0 Å². The molecule has 0 saturated carbocycles. The van der Waals surface area contributed by atoms with Crippen molar-refractivity contribution in [2.24, 2.45) is 5.92 Å². The van der Waals surface area contributed by atoms with Crippen molar-refractivity contribution in [3.05, 3.63) is 35.4 Å². The third-order valence-corrected chi connectivity index (χ3v) is 3.89. The van der Waals surface area contributed by atoms with E-state index in [1.807, 2.05) is 0 Å². The predicted octanol–water partition coefficient (Wildman–Crippen LogP) is 2.02. The van der Waals surface area contributed by atoms with Crippen LogP contribution in [-0.2, 0) is 26.1 Å². The van der Waals surface area contributed by atoms with Crippen LogP contribution >= 0.6 is 0 Å². The standard InChI is InChI=1S/C12H14F2O3S/c1-8(12(15)17-2)6-18(16)7-9-4-3-5-10(13)11(9)14/h3-5,8H,6-7H2,1-2H3. The first-order valence-corrected chi connectivity index (χ1v) is 6.80. The van der Waals surface area contributed by atoms with Gasteiger partial charge in [0.05, 0.1) is 18.8 Å². The Morgan fingerprint density at radius 3 is 2.72 bits per heavy atom. The molecule has 0 saturated heterocycles. The van der Waals surface area contributed by atoms with Gasteiger partial charge < -0.3 is 4.74 Å². The van der Waals surface area contributed by atoms with Gasteiger partial charge in [0.2, 0.25) is 0 Å². The van der Waals surface area contributed by atoms with Crippen molar-refractivity contribution in [2.45, 2.75) is 12.7 Å². The van der Waals surface area contributed by atoms with E-state index in [1.54, 1.807) is 6.92 Å². The molecule has 1 aromatic rings. The van der Waals surface area contributed by atoms with Crippen LogP contribution in [0.3, 0.4) is 0 Å². The van der Waals surface area contributed by atoms with Gasteiger partial charge in [-0.2, -0.15) is 0 Å². The smallest absolute Gasteiger partial charge is 0.309 e. The molecule has 0 amide bonds. The van der Waals surface area contributed by atoms with Crippen LogP contribution in [0.1, 0.15) is 12.5 Å². The fraction of sp³-hybridized carbons (Fsp3) is 0.417. The molecule has 3 nitrogen and oxygen atoms in total. The highest BCUT2D eigenvalue weighted by molar-refractivity contribution is 7.84. The first kappa shape index (κ1) is 14.8. The number of hydrogen-bond acceptors (Lipinski definition) is 3. The molecule has 0 radical (unpaired) electrons. The van der Waals surface area contributed by atoms with Crippen LogP contribution in [0.2, 0.25) is 0 Å². The number of methoxy groups -OCH3 is 1. The summed E-state index contributed by atoms with van der Waals surface area (Å²) in [4.78, 5) is 11.1. The minimum Gasteiger partial charge on any atom is -0.469 e. The summed E-state index contributed by atoms with van der Waals surface area (Å²) in [6, 6.07) is 3.73. The van der Waals surface area contributed by atoms with E-state index in [-0.39, 0.29) is 17.1 Å². The highest BCUT2D eigenvalue weighted by Crippen LogP contribution is 2.14. The van der Waals surface area contributed by atoms with Gasteiger partial charge >= 0.3 is 5.97 Å². The first-order chi connectivity index (χ1) is 8.45. The van der Waals surface area contributed by atoms with Crippen molar-refractivity contribution in [1.29, 1.82) is 0 Å². The minimum atomic E-state index is -1.45. The second kappa shape index (κ2) is 6.58. The van der Waals surface area contributed by atoms with Gasteiger partial charge in [-0.05, 0) is 6.07 Å². The molecule has 6 heteroatoms. The van der Waals surface area contributed by atoms with Crippen LogP contribution in [0.5, 0.6) is 0 Å². The summed E-state index contributed by atoms with van der Waals surface area (Å²) < 4.78 is 42.5. The van der Waals surface area contributed by atoms with Crippen LogP contribution in [0.4, 0.5) is 8.78 Å². The monoisotopic (exact) mass is 276 g/mol. The van der Waals surface area contributed by atoms with Crippen molar-refractivity contribution in [2.75, 3.05) is 12.9 Å². The van der Waals surface area contributed by atoms with E-state index in [9.17, 15) is 17.8 Å². The Hall–Kier alpha value is -1.30. The van der Waals surface area contributed by atoms with Gasteiger partial charge in [0, 0.05) is 22.1 Å². The number of benzene rings is 1. The lowest BCUT2D eigenvalue weighted by Gasteiger charge is -2.09. The van der Waals surface area contributed by atoms with Crippen molar-refractivity contribution >= 4 is 16.8 Å². The number of hydrogen-bond donors (Lipinski definition) is 0.